The molecular weight excluding hydrogens is 409 g/mol. The average molecular weight is 435 g/mol. The molecule has 0 amide bonds. The van der Waals surface area contributed by atoms with Crippen molar-refractivity contribution >= 4 is 11.0 Å². The number of benzene rings is 1. The maximum absolute atomic E-state index is 14.8. The van der Waals surface area contributed by atoms with Gasteiger partial charge in [-0.15, -0.1) is 0 Å². The molecule has 0 bridgehead atoms. The number of halogens is 1. The molecule has 166 valence electrons. The van der Waals surface area contributed by atoms with Crippen molar-refractivity contribution < 1.29 is 18.6 Å². The van der Waals surface area contributed by atoms with Gasteiger partial charge in [-0.1, -0.05) is 6.07 Å². The second kappa shape index (κ2) is 9.26. The zero-order valence-corrected chi connectivity index (χ0v) is 18.7. The van der Waals surface area contributed by atoms with Gasteiger partial charge in [0.2, 0.25) is 11.7 Å². The van der Waals surface area contributed by atoms with Crippen molar-refractivity contribution in [2.45, 2.75) is 26.2 Å². The van der Waals surface area contributed by atoms with Gasteiger partial charge in [0.15, 0.2) is 11.5 Å². The Morgan fingerprint density at radius 3 is 2.34 bits per heavy atom. The molecule has 0 fully saturated rings. The highest BCUT2D eigenvalue weighted by atomic mass is 19.1. The Hall–Kier alpha value is -3.61. The molecule has 1 N–H and O–H groups in total. The number of aromatic amines is 1. The topological polar surface area (TPSA) is 69.3 Å². The van der Waals surface area contributed by atoms with Crippen molar-refractivity contribution in [3.8, 4) is 17.2 Å². The summed E-state index contributed by atoms with van der Waals surface area (Å²) in [4.78, 5) is 11.7. The standard InChI is InChI=1S/C25H26FN3O3/c1-15-9-20-18(14-28-25(20)27-13-15)12-17-6-8-19(29-24(17)26)7-5-16-10-21(30-2)23(32-4)22(11-16)31-3/h6,8-11,13-14H,5,7,12H2,1-4H3,(H,27,28). The van der Waals surface area contributed by atoms with Crippen molar-refractivity contribution in [2.24, 2.45) is 0 Å². The van der Waals surface area contributed by atoms with E-state index in [-0.39, 0.29) is 0 Å². The molecule has 3 aromatic heterocycles. The fraction of sp³-hybridized carbons (Fsp3) is 0.280. The molecule has 0 aliphatic heterocycles. The Balaban J connectivity index is 1.50. The van der Waals surface area contributed by atoms with E-state index in [9.17, 15) is 4.39 Å². The lowest BCUT2D eigenvalue weighted by atomic mass is 10.0. The van der Waals surface area contributed by atoms with E-state index in [0.29, 0.717) is 47.8 Å². The van der Waals surface area contributed by atoms with E-state index in [1.165, 1.54) is 0 Å². The zero-order chi connectivity index (χ0) is 22.7. The molecule has 0 atom stereocenters. The van der Waals surface area contributed by atoms with Crippen LogP contribution in [0.15, 0.2) is 42.7 Å². The number of aryl methyl sites for hydroxylation is 3. The summed E-state index contributed by atoms with van der Waals surface area (Å²) < 4.78 is 31.0. The number of H-pyrrole nitrogens is 1. The highest BCUT2D eigenvalue weighted by molar-refractivity contribution is 5.80. The number of rotatable bonds is 8. The second-order valence-electron chi connectivity index (χ2n) is 7.69. The van der Waals surface area contributed by atoms with Gasteiger partial charge in [-0.2, -0.15) is 4.39 Å². The number of nitrogens with zero attached hydrogens (tertiary/aromatic N) is 2. The predicted molar refractivity (Wildman–Crippen MR) is 121 cm³/mol. The smallest absolute Gasteiger partial charge is 0.216 e. The van der Waals surface area contributed by atoms with Crippen LogP contribution in [0.2, 0.25) is 0 Å². The quantitative estimate of drug-likeness (QED) is 0.403. The Bertz CT molecular complexity index is 1230. The van der Waals surface area contributed by atoms with Crippen molar-refractivity contribution in [3.63, 3.8) is 0 Å². The third kappa shape index (κ3) is 4.37. The van der Waals surface area contributed by atoms with Crippen LogP contribution in [-0.4, -0.2) is 36.3 Å². The van der Waals surface area contributed by atoms with E-state index >= 15 is 0 Å². The van der Waals surface area contributed by atoms with E-state index in [2.05, 4.69) is 21.0 Å². The molecule has 7 heteroatoms. The van der Waals surface area contributed by atoms with Crippen molar-refractivity contribution in [2.75, 3.05) is 21.3 Å². The molecule has 0 saturated heterocycles. The highest BCUT2D eigenvalue weighted by Crippen LogP contribution is 2.38. The van der Waals surface area contributed by atoms with Gasteiger partial charge in [0, 0.05) is 35.5 Å². The normalized spacial score (nSPS) is 11.0. The molecule has 0 spiro atoms. The highest BCUT2D eigenvalue weighted by Gasteiger charge is 2.14. The molecule has 6 nitrogen and oxygen atoms in total. The van der Waals surface area contributed by atoms with Gasteiger partial charge in [-0.3, -0.25) is 0 Å². The summed E-state index contributed by atoms with van der Waals surface area (Å²) >= 11 is 0. The summed E-state index contributed by atoms with van der Waals surface area (Å²) in [6, 6.07) is 9.56. The summed E-state index contributed by atoms with van der Waals surface area (Å²) in [6.07, 6.45) is 5.40. The maximum Gasteiger partial charge on any atom is 0.216 e. The Morgan fingerprint density at radius 1 is 0.938 bits per heavy atom. The van der Waals surface area contributed by atoms with Crippen molar-refractivity contribution in [1.82, 2.24) is 15.0 Å². The summed E-state index contributed by atoms with van der Waals surface area (Å²) in [5.74, 6) is 1.30. The molecule has 4 aromatic rings. The van der Waals surface area contributed by atoms with E-state index in [1.807, 2.05) is 43.6 Å². The van der Waals surface area contributed by atoms with E-state index in [0.717, 1.165) is 27.7 Å². The Kier molecular flexibility index (Phi) is 6.25. The van der Waals surface area contributed by atoms with Crippen LogP contribution in [0, 0.1) is 12.9 Å². The molecule has 0 aliphatic rings. The number of pyridine rings is 2. The van der Waals surface area contributed by atoms with Gasteiger partial charge in [0.25, 0.3) is 0 Å². The van der Waals surface area contributed by atoms with E-state index in [4.69, 9.17) is 14.2 Å². The van der Waals surface area contributed by atoms with E-state index < -0.39 is 5.95 Å². The number of hydrogen-bond acceptors (Lipinski definition) is 5. The third-order valence-corrected chi connectivity index (χ3v) is 5.51. The molecule has 0 radical (unpaired) electrons. The van der Waals surface area contributed by atoms with Gasteiger partial charge >= 0.3 is 0 Å². The van der Waals surface area contributed by atoms with Crippen LogP contribution in [0.4, 0.5) is 4.39 Å². The van der Waals surface area contributed by atoms with Crippen LogP contribution >= 0.6 is 0 Å². The molecule has 0 saturated carbocycles. The summed E-state index contributed by atoms with van der Waals surface area (Å²) in [5, 5.41) is 1.01. The van der Waals surface area contributed by atoms with Crippen molar-refractivity contribution in [3.05, 3.63) is 76.6 Å². The minimum Gasteiger partial charge on any atom is -0.493 e. The first-order valence-electron chi connectivity index (χ1n) is 10.4. The van der Waals surface area contributed by atoms with Gasteiger partial charge < -0.3 is 19.2 Å². The van der Waals surface area contributed by atoms with Gasteiger partial charge in [0.1, 0.15) is 5.65 Å². The number of aromatic nitrogens is 3. The Morgan fingerprint density at radius 2 is 1.69 bits per heavy atom. The minimum absolute atomic E-state index is 0.442. The lowest BCUT2D eigenvalue weighted by Gasteiger charge is -2.14. The Labute approximate surface area is 186 Å². The molecule has 32 heavy (non-hydrogen) atoms. The average Bonchev–Trinajstić information content (AvgIpc) is 3.20. The fourth-order valence-electron chi connectivity index (χ4n) is 3.84. The molecule has 0 aliphatic carbocycles. The lowest BCUT2D eigenvalue weighted by Crippen LogP contribution is -2.02. The van der Waals surface area contributed by atoms with Gasteiger partial charge in [-0.05, 0) is 60.7 Å². The van der Waals surface area contributed by atoms with Crippen LogP contribution < -0.4 is 14.2 Å². The number of ether oxygens (including phenoxy) is 3. The molecule has 3 heterocycles. The van der Waals surface area contributed by atoms with Crippen LogP contribution in [-0.2, 0) is 19.3 Å². The summed E-state index contributed by atoms with van der Waals surface area (Å²) in [5.41, 5.74) is 5.12. The number of fused-ring (bicyclic) bond motifs is 1. The fourth-order valence-corrected chi connectivity index (χ4v) is 3.84. The third-order valence-electron chi connectivity index (χ3n) is 5.51. The predicted octanol–water partition coefficient (Wildman–Crippen LogP) is 4.81. The molecular formula is C25H26FN3O3. The molecule has 4 rings (SSSR count). The van der Waals surface area contributed by atoms with Crippen LogP contribution in [0.25, 0.3) is 11.0 Å². The maximum atomic E-state index is 14.8. The largest absolute Gasteiger partial charge is 0.493 e. The number of methoxy groups -OCH3 is 3. The van der Waals surface area contributed by atoms with Crippen LogP contribution in [0.3, 0.4) is 0 Å². The lowest BCUT2D eigenvalue weighted by molar-refractivity contribution is 0.324. The monoisotopic (exact) mass is 435 g/mol. The number of hydrogen-bond donors (Lipinski definition) is 1. The number of nitrogens with one attached hydrogen (secondary N) is 1. The van der Waals surface area contributed by atoms with Gasteiger partial charge in [-0.25, -0.2) is 9.97 Å². The first-order valence-corrected chi connectivity index (χ1v) is 10.4. The summed E-state index contributed by atoms with van der Waals surface area (Å²) in [7, 11) is 4.74. The van der Waals surface area contributed by atoms with Gasteiger partial charge in [0.05, 0.1) is 21.3 Å². The SMILES string of the molecule is COc1cc(CCc2ccc(Cc3c[nH]c4ncc(C)cc34)c(F)n2)cc(OC)c1OC. The molecule has 0 unspecified atom stereocenters. The van der Waals surface area contributed by atoms with E-state index in [1.54, 1.807) is 21.3 Å². The van der Waals surface area contributed by atoms with Crippen LogP contribution in [0.1, 0.15) is 27.9 Å². The summed E-state index contributed by atoms with van der Waals surface area (Å²) in [6.45, 7) is 1.99. The first-order chi connectivity index (χ1) is 15.5. The second-order valence-corrected chi connectivity index (χ2v) is 7.69. The first kappa shape index (κ1) is 21.6. The minimum atomic E-state index is -0.442. The molecule has 1 aromatic carbocycles. The van der Waals surface area contributed by atoms with Crippen LogP contribution in [0.5, 0.6) is 17.2 Å². The van der Waals surface area contributed by atoms with Crippen molar-refractivity contribution in [1.29, 1.82) is 0 Å². The zero-order valence-electron chi connectivity index (χ0n) is 18.7.